The SMILES string of the molecule is NC(=O)CN1Cc2sc(-c3cccc(Cl)c3)cc2C(NC2CCCOC2)=N1. The number of benzene rings is 1. The van der Waals surface area contributed by atoms with Crippen LogP contribution < -0.4 is 11.1 Å². The van der Waals surface area contributed by atoms with Gasteiger partial charge < -0.3 is 15.8 Å². The van der Waals surface area contributed by atoms with E-state index in [1.165, 1.54) is 0 Å². The van der Waals surface area contributed by atoms with Crippen LogP contribution >= 0.6 is 22.9 Å². The van der Waals surface area contributed by atoms with Crippen molar-refractivity contribution in [1.29, 1.82) is 0 Å². The van der Waals surface area contributed by atoms with Gasteiger partial charge >= 0.3 is 0 Å². The molecule has 3 N–H and O–H groups in total. The second-order valence-corrected chi connectivity index (χ2v) is 8.33. The van der Waals surface area contributed by atoms with Gasteiger partial charge in [0.05, 0.1) is 19.2 Å². The maximum absolute atomic E-state index is 11.4. The minimum atomic E-state index is -0.394. The summed E-state index contributed by atoms with van der Waals surface area (Å²) in [7, 11) is 0. The van der Waals surface area contributed by atoms with Gasteiger partial charge in [0.15, 0.2) is 5.84 Å². The monoisotopic (exact) mass is 404 g/mol. The van der Waals surface area contributed by atoms with Gasteiger partial charge in [-0.3, -0.25) is 9.80 Å². The van der Waals surface area contributed by atoms with Crippen molar-refractivity contribution in [2.24, 2.45) is 10.8 Å². The number of primary amides is 1. The normalized spacial score (nSPS) is 19.4. The number of hydrogen-bond donors (Lipinski definition) is 2. The summed E-state index contributed by atoms with van der Waals surface area (Å²) < 4.78 is 5.57. The highest BCUT2D eigenvalue weighted by molar-refractivity contribution is 7.15. The molecule has 3 heterocycles. The number of nitrogens with one attached hydrogen (secondary N) is 1. The molecule has 142 valence electrons. The molecular formula is C19H21ClN4O2S. The Labute approximate surface area is 166 Å². The molecule has 0 spiro atoms. The minimum Gasteiger partial charge on any atom is -0.379 e. The number of thiophene rings is 1. The van der Waals surface area contributed by atoms with Crippen LogP contribution in [0.25, 0.3) is 10.4 Å². The highest BCUT2D eigenvalue weighted by Crippen LogP contribution is 2.35. The molecule has 1 saturated heterocycles. The Kier molecular flexibility index (Phi) is 5.33. The Balaban J connectivity index is 1.65. The van der Waals surface area contributed by atoms with Crippen LogP contribution in [0, 0.1) is 0 Å². The number of carbonyl (C=O) groups excluding carboxylic acids is 1. The third-order valence-electron chi connectivity index (χ3n) is 4.58. The summed E-state index contributed by atoms with van der Waals surface area (Å²) in [5.41, 5.74) is 7.53. The first-order valence-corrected chi connectivity index (χ1v) is 10.1. The lowest BCUT2D eigenvalue weighted by atomic mass is 10.1. The van der Waals surface area contributed by atoms with E-state index in [2.05, 4.69) is 16.5 Å². The van der Waals surface area contributed by atoms with Gasteiger partial charge in [-0.25, -0.2) is 0 Å². The number of hydrogen-bond acceptors (Lipinski definition) is 6. The van der Waals surface area contributed by atoms with Gasteiger partial charge in [-0.2, -0.15) is 5.10 Å². The Bertz CT molecular complexity index is 876. The van der Waals surface area contributed by atoms with Crippen LogP contribution in [0.15, 0.2) is 35.4 Å². The van der Waals surface area contributed by atoms with Gasteiger partial charge in [-0.15, -0.1) is 11.3 Å². The molecule has 1 atom stereocenters. The van der Waals surface area contributed by atoms with Crippen LogP contribution in [0.2, 0.25) is 5.02 Å². The summed E-state index contributed by atoms with van der Waals surface area (Å²) in [6.07, 6.45) is 2.07. The van der Waals surface area contributed by atoms with Crippen LogP contribution in [0.1, 0.15) is 23.3 Å². The van der Waals surface area contributed by atoms with Crippen LogP contribution in [0.3, 0.4) is 0 Å². The van der Waals surface area contributed by atoms with Gasteiger partial charge in [0.1, 0.15) is 6.54 Å². The highest BCUT2D eigenvalue weighted by Gasteiger charge is 2.26. The number of fused-ring (bicyclic) bond motifs is 1. The molecule has 1 aromatic carbocycles. The van der Waals surface area contributed by atoms with Gasteiger partial charge in [0.2, 0.25) is 5.91 Å². The number of amides is 1. The Morgan fingerprint density at radius 1 is 1.44 bits per heavy atom. The van der Waals surface area contributed by atoms with Gasteiger partial charge in [0.25, 0.3) is 0 Å². The molecule has 6 nitrogen and oxygen atoms in total. The van der Waals surface area contributed by atoms with E-state index in [0.29, 0.717) is 18.2 Å². The fraction of sp³-hybridized carbons (Fsp3) is 0.368. The molecule has 2 aromatic rings. The van der Waals surface area contributed by atoms with E-state index in [0.717, 1.165) is 46.2 Å². The summed E-state index contributed by atoms with van der Waals surface area (Å²) in [4.78, 5) is 13.7. The van der Waals surface area contributed by atoms with Crippen LogP contribution in [-0.4, -0.2) is 42.6 Å². The third kappa shape index (κ3) is 4.26. The predicted octanol–water partition coefficient (Wildman–Crippen LogP) is 2.80. The van der Waals surface area contributed by atoms with E-state index in [-0.39, 0.29) is 12.6 Å². The van der Waals surface area contributed by atoms with Crippen molar-refractivity contribution in [2.45, 2.75) is 25.4 Å². The zero-order valence-electron chi connectivity index (χ0n) is 14.8. The van der Waals surface area contributed by atoms with Crippen LogP contribution in [-0.2, 0) is 16.1 Å². The first-order chi connectivity index (χ1) is 13.1. The molecule has 1 fully saturated rings. The zero-order valence-corrected chi connectivity index (χ0v) is 16.4. The smallest absolute Gasteiger partial charge is 0.238 e. The largest absolute Gasteiger partial charge is 0.379 e. The van der Waals surface area contributed by atoms with Crippen molar-refractivity contribution in [1.82, 2.24) is 10.3 Å². The number of hydrazone groups is 1. The number of nitrogens with zero attached hydrogens (tertiary/aromatic N) is 2. The van der Waals surface area contributed by atoms with Crippen molar-refractivity contribution in [3.05, 3.63) is 45.8 Å². The third-order valence-corrected chi connectivity index (χ3v) is 5.98. The summed E-state index contributed by atoms with van der Waals surface area (Å²) in [6.45, 7) is 2.13. The molecule has 0 saturated carbocycles. The standard InChI is InChI=1S/C19H21ClN4O2S/c20-13-4-1-3-12(7-13)16-8-15-17(27-16)9-24(10-18(21)25)23-19(15)22-14-5-2-6-26-11-14/h1,3-4,7-8,14H,2,5-6,9-11H2,(H2,21,25)(H,22,23). The number of ether oxygens (including phenoxy) is 1. The summed E-state index contributed by atoms with van der Waals surface area (Å²) in [6, 6.07) is 10.2. The highest BCUT2D eigenvalue weighted by atomic mass is 35.5. The van der Waals surface area contributed by atoms with E-state index < -0.39 is 5.91 Å². The molecule has 8 heteroatoms. The number of amidine groups is 1. The fourth-order valence-corrected chi connectivity index (χ4v) is 4.71. The first kappa shape index (κ1) is 18.3. The molecule has 1 aromatic heterocycles. The second-order valence-electron chi connectivity index (χ2n) is 6.75. The molecule has 0 bridgehead atoms. The van der Waals surface area contributed by atoms with Crippen LogP contribution in [0.4, 0.5) is 0 Å². The van der Waals surface area contributed by atoms with E-state index in [9.17, 15) is 4.79 Å². The molecule has 1 unspecified atom stereocenters. The summed E-state index contributed by atoms with van der Waals surface area (Å²) >= 11 is 7.84. The molecule has 2 aliphatic rings. The van der Waals surface area contributed by atoms with E-state index in [4.69, 9.17) is 22.1 Å². The minimum absolute atomic E-state index is 0.0934. The van der Waals surface area contributed by atoms with Gasteiger partial charge in [-0.1, -0.05) is 23.7 Å². The number of carbonyl (C=O) groups is 1. The van der Waals surface area contributed by atoms with Crippen molar-refractivity contribution < 1.29 is 9.53 Å². The van der Waals surface area contributed by atoms with E-state index in [1.807, 2.05) is 24.3 Å². The average molecular weight is 405 g/mol. The lowest BCUT2D eigenvalue weighted by Gasteiger charge is -2.29. The summed E-state index contributed by atoms with van der Waals surface area (Å²) in [5, 5.41) is 10.6. The number of rotatable bonds is 4. The Hall–Kier alpha value is -2.09. The molecular weight excluding hydrogens is 384 g/mol. The topological polar surface area (TPSA) is 80.0 Å². The Morgan fingerprint density at radius 3 is 3.07 bits per heavy atom. The maximum atomic E-state index is 11.4. The predicted molar refractivity (Wildman–Crippen MR) is 108 cm³/mol. The van der Waals surface area contributed by atoms with Crippen LogP contribution in [0.5, 0.6) is 0 Å². The lowest BCUT2D eigenvalue weighted by molar-refractivity contribution is -0.119. The molecule has 0 aliphatic carbocycles. The van der Waals surface area contributed by atoms with E-state index >= 15 is 0 Å². The van der Waals surface area contributed by atoms with Crippen molar-refractivity contribution >= 4 is 34.7 Å². The lowest BCUT2D eigenvalue weighted by Crippen LogP contribution is -2.44. The number of halogens is 1. The zero-order chi connectivity index (χ0) is 18.8. The second kappa shape index (κ2) is 7.88. The van der Waals surface area contributed by atoms with Crippen molar-refractivity contribution in [2.75, 3.05) is 19.8 Å². The van der Waals surface area contributed by atoms with Crippen molar-refractivity contribution in [3.8, 4) is 10.4 Å². The molecule has 2 aliphatic heterocycles. The van der Waals surface area contributed by atoms with Gasteiger partial charge in [0, 0.05) is 26.9 Å². The summed E-state index contributed by atoms with van der Waals surface area (Å²) in [5.74, 6) is 0.381. The van der Waals surface area contributed by atoms with E-state index in [1.54, 1.807) is 16.3 Å². The van der Waals surface area contributed by atoms with Gasteiger partial charge in [-0.05, 0) is 36.6 Å². The first-order valence-electron chi connectivity index (χ1n) is 8.93. The molecule has 27 heavy (non-hydrogen) atoms. The fourth-order valence-electron chi connectivity index (χ4n) is 3.35. The Morgan fingerprint density at radius 2 is 2.33 bits per heavy atom. The molecule has 1 amide bonds. The van der Waals surface area contributed by atoms with Crippen molar-refractivity contribution in [3.63, 3.8) is 0 Å². The maximum Gasteiger partial charge on any atom is 0.238 e. The average Bonchev–Trinajstić information content (AvgIpc) is 3.06. The quantitative estimate of drug-likeness (QED) is 0.821. The molecule has 4 rings (SSSR count). The number of nitrogens with two attached hydrogens (primary N) is 1. The molecule has 0 radical (unpaired) electrons.